The highest BCUT2D eigenvalue weighted by molar-refractivity contribution is 5.87. The highest BCUT2D eigenvalue weighted by atomic mass is 16.5. The highest BCUT2D eigenvalue weighted by Gasteiger charge is 2.26. The number of nitrogens with zero attached hydrogens (tertiary/aromatic N) is 2. The molecule has 0 aliphatic carbocycles. The first-order chi connectivity index (χ1) is 12.0. The van der Waals surface area contributed by atoms with Crippen molar-refractivity contribution < 1.29 is 19.2 Å². The van der Waals surface area contributed by atoms with Gasteiger partial charge < -0.3 is 14.5 Å². The van der Waals surface area contributed by atoms with Crippen molar-refractivity contribution in [3.63, 3.8) is 0 Å². The first kappa shape index (κ1) is 17.2. The van der Waals surface area contributed by atoms with E-state index < -0.39 is 5.97 Å². The number of carboxylic acid groups (broad SMARTS) is 1. The third-order valence-electron chi connectivity index (χ3n) is 4.89. The summed E-state index contributed by atoms with van der Waals surface area (Å²) >= 11 is 0. The van der Waals surface area contributed by atoms with Crippen LogP contribution in [0.3, 0.4) is 0 Å². The number of carbonyl (C=O) groups excluding carboxylic acids is 1. The fourth-order valence-electron chi connectivity index (χ4n) is 3.42. The number of piperidine rings is 1. The summed E-state index contributed by atoms with van der Waals surface area (Å²) in [6.07, 6.45) is 2.16. The number of hydrogen-bond acceptors (Lipinski definition) is 4. The Labute approximate surface area is 146 Å². The van der Waals surface area contributed by atoms with Gasteiger partial charge in [-0.25, -0.2) is 4.79 Å². The van der Waals surface area contributed by atoms with Crippen molar-refractivity contribution in [2.75, 3.05) is 13.1 Å². The Morgan fingerprint density at radius 1 is 1.36 bits per heavy atom. The number of amides is 1. The van der Waals surface area contributed by atoms with Crippen LogP contribution in [0.2, 0.25) is 0 Å². The van der Waals surface area contributed by atoms with E-state index in [1.165, 1.54) is 0 Å². The lowest BCUT2D eigenvalue weighted by Crippen LogP contribution is -2.40. The normalized spacial score (nSPS) is 17.5. The number of aromatic carboxylic acids is 1. The predicted molar refractivity (Wildman–Crippen MR) is 91.6 cm³/mol. The minimum absolute atomic E-state index is 0.0634. The van der Waals surface area contributed by atoms with E-state index in [4.69, 9.17) is 9.63 Å². The van der Waals surface area contributed by atoms with Crippen LogP contribution < -0.4 is 0 Å². The van der Waals surface area contributed by atoms with Crippen molar-refractivity contribution >= 4 is 11.9 Å². The summed E-state index contributed by atoms with van der Waals surface area (Å²) in [6, 6.07) is 7.02. The van der Waals surface area contributed by atoms with Gasteiger partial charge in [-0.2, -0.15) is 0 Å². The zero-order valence-electron chi connectivity index (χ0n) is 14.5. The number of carboxylic acids is 1. The van der Waals surface area contributed by atoms with Gasteiger partial charge in [-0.05, 0) is 44.4 Å². The van der Waals surface area contributed by atoms with Crippen molar-refractivity contribution in [2.24, 2.45) is 0 Å². The molecule has 1 atom stereocenters. The van der Waals surface area contributed by atoms with Gasteiger partial charge in [0.05, 0.1) is 17.7 Å². The molecule has 1 amide bonds. The number of aryl methyl sites for hydroxylation is 2. The molecule has 0 radical (unpaired) electrons. The summed E-state index contributed by atoms with van der Waals surface area (Å²) in [5.74, 6) is -0.00673. The van der Waals surface area contributed by atoms with Gasteiger partial charge in [-0.15, -0.1) is 0 Å². The molecule has 1 aromatic heterocycles. The third kappa shape index (κ3) is 3.73. The van der Waals surface area contributed by atoms with Gasteiger partial charge in [0.2, 0.25) is 5.91 Å². The van der Waals surface area contributed by atoms with Crippen molar-refractivity contribution in [1.82, 2.24) is 10.1 Å². The summed E-state index contributed by atoms with van der Waals surface area (Å²) in [5, 5.41) is 13.1. The zero-order valence-corrected chi connectivity index (χ0v) is 14.5. The lowest BCUT2D eigenvalue weighted by atomic mass is 9.89. The molecule has 25 heavy (non-hydrogen) atoms. The topological polar surface area (TPSA) is 83.6 Å². The summed E-state index contributed by atoms with van der Waals surface area (Å²) in [7, 11) is 0. The van der Waals surface area contributed by atoms with Crippen LogP contribution in [0.25, 0.3) is 0 Å². The molecule has 0 saturated carbocycles. The number of likely N-dealkylation sites (tertiary alicyclic amines) is 1. The van der Waals surface area contributed by atoms with Crippen LogP contribution in [0.15, 0.2) is 28.8 Å². The van der Waals surface area contributed by atoms with Gasteiger partial charge in [0.25, 0.3) is 0 Å². The van der Waals surface area contributed by atoms with Gasteiger partial charge in [-0.3, -0.25) is 4.79 Å². The standard InChI is InChI=1S/C19H22N2O4/c1-12-17(13(2)25-20-12)10-18(22)21-8-4-7-16(11-21)14-5-3-6-15(9-14)19(23)24/h3,5-6,9,16H,4,7-8,10-11H2,1-2H3,(H,23,24). The van der Waals surface area contributed by atoms with Crippen molar-refractivity contribution in [3.05, 3.63) is 52.4 Å². The van der Waals surface area contributed by atoms with E-state index in [0.29, 0.717) is 18.7 Å². The third-order valence-corrected chi connectivity index (χ3v) is 4.89. The summed E-state index contributed by atoms with van der Waals surface area (Å²) in [6.45, 7) is 5.01. The first-order valence-electron chi connectivity index (χ1n) is 8.48. The van der Waals surface area contributed by atoms with Crippen LogP contribution in [-0.4, -0.2) is 40.1 Å². The summed E-state index contributed by atoms with van der Waals surface area (Å²) in [4.78, 5) is 25.7. The SMILES string of the molecule is Cc1noc(C)c1CC(=O)N1CCCC(c2cccc(C(=O)O)c2)C1. The maximum absolute atomic E-state index is 12.7. The fourth-order valence-corrected chi connectivity index (χ4v) is 3.42. The van der Waals surface area contributed by atoms with Crippen LogP contribution in [0.4, 0.5) is 0 Å². The largest absolute Gasteiger partial charge is 0.478 e. The smallest absolute Gasteiger partial charge is 0.335 e. The minimum Gasteiger partial charge on any atom is -0.478 e. The van der Waals surface area contributed by atoms with Crippen LogP contribution in [0, 0.1) is 13.8 Å². The molecule has 1 N–H and O–H groups in total. The molecule has 132 valence electrons. The minimum atomic E-state index is -0.927. The average Bonchev–Trinajstić information content (AvgIpc) is 2.94. The maximum Gasteiger partial charge on any atom is 0.335 e. The van der Waals surface area contributed by atoms with Gasteiger partial charge in [0, 0.05) is 24.6 Å². The molecule has 0 bridgehead atoms. The lowest BCUT2D eigenvalue weighted by molar-refractivity contribution is -0.131. The van der Waals surface area contributed by atoms with E-state index in [9.17, 15) is 9.59 Å². The summed E-state index contributed by atoms with van der Waals surface area (Å²) in [5.41, 5.74) is 2.89. The molecule has 1 saturated heterocycles. The van der Waals surface area contributed by atoms with Crippen LogP contribution >= 0.6 is 0 Å². The quantitative estimate of drug-likeness (QED) is 0.923. The number of carbonyl (C=O) groups is 2. The molecule has 1 fully saturated rings. The molecule has 6 nitrogen and oxygen atoms in total. The zero-order chi connectivity index (χ0) is 18.0. The molecule has 3 rings (SSSR count). The highest BCUT2D eigenvalue weighted by Crippen LogP contribution is 2.28. The van der Waals surface area contributed by atoms with Crippen LogP contribution in [0.1, 0.15) is 51.7 Å². The van der Waals surface area contributed by atoms with Crippen LogP contribution in [0.5, 0.6) is 0 Å². The molecule has 0 spiro atoms. The van der Waals surface area contributed by atoms with E-state index >= 15 is 0 Å². The molecule has 1 unspecified atom stereocenters. The Morgan fingerprint density at radius 2 is 2.16 bits per heavy atom. The van der Waals surface area contributed by atoms with E-state index in [0.717, 1.165) is 36.2 Å². The summed E-state index contributed by atoms with van der Waals surface area (Å²) < 4.78 is 5.13. The second-order valence-electron chi connectivity index (χ2n) is 6.59. The van der Waals surface area contributed by atoms with Crippen LogP contribution in [-0.2, 0) is 11.2 Å². The molecule has 2 heterocycles. The number of aromatic nitrogens is 1. The van der Waals surface area contributed by atoms with E-state index in [1.807, 2.05) is 24.8 Å². The molecule has 1 aromatic carbocycles. The van der Waals surface area contributed by atoms with Gasteiger partial charge >= 0.3 is 5.97 Å². The van der Waals surface area contributed by atoms with Gasteiger partial charge in [0.15, 0.2) is 0 Å². The Kier molecular flexibility index (Phi) is 4.88. The molecule has 2 aromatic rings. The first-order valence-corrected chi connectivity index (χ1v) is 8.48. The van der Waals surface area contributed by atoms with Crippen molar-refractivity contribution in [1.29, 1.82) is 0 Å². The Hall–Kier alpha value is -2.63. The number of rotatable bonds is 4. The monoisotopic (exact) mass is 342 g/mol. The molecular formula is C19H22N2O4. The lowest BCUT2D eigenvalue weighted by Gasteiger charge is -2.33. The van der Waals surface area contributed by atoms with Crippen molar-refractivity contribution in [3.8, 4) is 0 Å². The molecular weight excluding hydrogens is 320 g/mol. The Morgan fingerprint density at radius 3 is 2.84 bits per heavy atom. The Balaban J connectivity index is 1.71. The Bertz CT molecular complexity index is 777. The number of benzene rings is 1. The van der Waals surface area contributed by atoms with Gasteiger partial charge in [-0.1, -0.05) is 17.3 Å². The van der Waals surface area contributed by atoms with Crippen molar-refractivity contribution in [2.45, 2.75) is 39.0 Å². The molecule has 1 aliphatic heterocycles. The average molecular weight is 342 g/mol. The molecule has 1 aliphatic rings. The fraction of sp³-hybridized carbons (Fsp3) is 0.421. The van der Waals surface area contributed by atoms with E-state index in [1.54, 1.807) is 18.2 Å². The predicted octanol–water partition coefficient (Wildman–Crippen LogP) is 2.94. The molecule has 6 heteroatoms. The van der Waals surface area contributed by atoms with Gasteiger partial charge in [0.1, 0.15) is 5.76 Å². The van der Waals surface area contributed by atoms with E-state index in [-0.39, 0.29) is 17.4 Å². The number of hydrogen-bond donors (Lipinski definition) is 1. The maximum atomic E-state index is 12.7. The second-order valence-corrected chi connectivity index (χ2v) is 6.59. The van der Waals surface area contributed by atoms with E-state index in [2.05, 4.69) is 5.16 Å². The second kappa shape index (κ2) is 7.09.